The summed E-state index contributed by atoms with van der Waals surface area (Å²) in [5.74, 6) is 0.0672. The first-order chi connectivity index (χ1) is 7.79. The van der Waals surface area contributed by atoms with Gasteiger partial charge in [0.05, 0.1) is 0 Å². The van der Waals surface area contributed by atoms with E-state index >= 15 is 0 Å². The summed E-state index contributed by atoms with van der Waals surface area (Å²) in [6.45, 7) is 8.17. The minimum atomic E-state index is -0.185. The van der Waals surface area contributed by atoms with Crippen LogP contribution in [0.25, 0.3) is 0 Å². The molecule has 0 aromatic heterocycles. The van der Waals surface area contributed by atoms with Gasteiger partial charge in [0.2, 0.25) is 0 Å². The van der Waals surface area contributed by atoms with Gasteiger partial charge in [-0.25, -0.2) is 0 Å². The second-order valence-corrected chi connectivity index (χ2v) is 5.67. The lowest BCUT2D eigenvalue weighted by molar-refractivity contribution is 0.0663. The molecule has 0 spiro atoms. The van der Waals surface area contributed by atoms with E-state index in [0.29, 0.717) is 0 Å². The second-order valence-electron chi connectivity index (χ2n) is 5.11. The summed E-state index contributed by atoms with van der Waals surface area (Å²) in [6, 6.07) is 5.85. The van der Waals surface area contributed by atoms with E-state index in [2.05, 4.69) is 22.9 Å². The molecule has 0 bridgehead atoms. The van der Waals surface area contributed by atoms with Crippen molar-refractivity contribution in [3.05, 3.63) is 34.9 Å². The van der Waals surface area contributed by atoms with Crippen LogP contribution in [-0.4, -0.2) is 28.7 Å². The number of aryl methyl sites for hydroxylation is 2. The molecular formula is C14H20BrNO. The van der Waals surface area contributed by atoms with E-state index in [4.69, 9.17) is 0 Å². The number of halogens is 1. The summed E-state index contributed by atoms with van der Waals surface area (Å²) < 4.78 is 0. The molecular weight excluding hydrogens is 278 g/mol. The highest BCUT2D eigenvalue weighted by Gasteiger charge is 2.27. The first kappa shape index (κ1) is 14.2. The molecule has 0 N–H and O–H groups in total. The molecule has 94 valence electrons. The average molecular weight is 298 g/mol. The Kier molecular flexibility index (Phi) is 4.36. The van der Waals surface area contributed by atoms with Crippen LogP contribution < -0.4 is 0 Å². The van der Waals surface area contributed by atoms with E-state index < -0.39 is 0 Å². The Hall–Kier alpha value is -0.830. The van der Waals surface area contributed by atoms with E-state index in [1.165, 1.54) is 5.56 Å². The number of carbonyl (C=O) groups excluding carboxylic acids is 1. The number of carbonyl (C=O) groups is 1. The van der Waals surface area contributed by atoms with Gasteiger partial charge in [-0.1, -0.05) is 22.0 Å². The number of hydrogen-bond acceptors (Lipinski definition) is 1. The van der Waals surface area contributed by atoms with Gasteiger partial charge in [0.25, 0.3) is 5.91 Å². The van der Waals surface area contributed by atoms with Crippen molar-refractivity contribution in [1.82, 2.24) is 4.90 Å². The van der Waals surface area contributed by atoms with Crippen molar-refractivity contribution in [2.75, 3.05) is 12.4 Å². The fourth-order valence-electron chi connectivity index (χ4n) is 1.43. The average Bonchev–Trinajstić information content (AvgIpc) is 2.30. The van der Waals surface area contributed by atoms with Gasteiger partial charge in [-0.15, -0.1) is 0 Å². The van der Waals surface area contributed by atoms with Gasteiger partial charge >= 0.3 is 0 Å². The van der Waals surface area contributed by atoms with Gasteiger partial charge in [-0.05, 0) is 51.0 Å². The predicted octanol–water partition coefficient (Wildman–Crippen LogP) is 3.55. The van der Waals surface area contributed by atoms with Crippen molar-refractivity contribution in [3.63, 3.8) is 0 Å². The molecule has 2 nitrogen and oxygen atoms in total. The zero-order valence-corrected chi connectivity index (χ0v) is 12.8. The fraction of sp³-hybridized carbons (Fsp3) is 0.500. The standard InChI is InChI=1S/C14H20BrNO/c1-10-6-7-12(8-11(10)2)13(17)16(5)14(3,4)9-15/h6-8H,9H2,1-5H3. The predicted molar refractivity (Wildman–Crippen MR) is 75.9 cm³/mol. The Bertz CT molecular complexity index is 426. The van der Waals surface area contributed by atoms with Crippen LogP contribution in [-0.2, 0) is 0 Å². The number of nitrogens with zero attached hydrogens (tertiary/aromatic N) is 1. The van der Waals surface area contributed by atoms with Gasteiger partial charge in [-0.2, -0.15) is 0 Å². The number of rotatable bonds is 3. The van der Waals surface area contributed by atoms with Crippen LogP contribution in [0.2, 0.25) is 0 Å². The highest BCUT2D eigenvalue weighted by molar-refractivity contribution is 9.09. The molecule has 0 radical (unpaired) electrons. The number of alkyl halides is 1. The smallest absolute Gasteiger partial charge is 0.254 e. The monoisotopic (exact) mass is 297 g/mol. The third-order valence-electron chi connectivity index (χ3n) is 3.29. The number of benzene rings is 1. The minimum Gasteiger partial charge on any atom is -0.336 e. The molecule has 0 aliphatic rings. The molecule has 0 atom stereocenters. The molecule has 0 aliphatic carbocycles. The zero-order chi connectivity index (χ0) is 13.2. The van der Waals surface area contributed by atoms with Gasteiger partial charge in [0.15, 0.2) is 0 Å². The number of hydrogen-bond donors (Lipinski definition) is 0. The Morgan fingerprint density at radius 2 is 1.88 bits per heavy atom. The SMILES string of the molecule is Cc1ccc(C(=O)N(C)C(C)(C)CBr)cc1C. The molecule has 1 rings (SSSR count). The summed E-state index contributed by atoms with van der Waals surface area (Å²) in [6.07, 6.45) is 0. The van der Waals surface area contributed by atoms with E-state index in [1.807, 2.05) is 46.0 Å². The summed E-state index contributed by atoms with van der Waals surface area (Å²) in [5.41, 5.74) is 2.94. The maximum absolute atomic E-state index is 12.3. The first-order valence-electron chi connectivity index (χ1n) is 5.71. The fourth-order valence-corrected chi connectivity index (χ4v) is 1.81. The van der Waals surface area contributed by atoms with E-state index in [9.17, 15) is 4.79 Å². The first-order valence-corrected chi connectivity index (χ1v) is 6.83. The maximum Gasteiger partial charge on any atom is 0.254 e. The van der Waals surface area contributed by atoms with Crippen LogP contribution in [0.5, 0.6) is 0 Å². The van der Waals surface area contributed by atoms with Crippen molar-refractivity contribution in [2.24, 2.45) is 0 Å². The van der Waals surface area contributed by atoms with Crippen LogP contribution in [0.3, 0.4) is 0 Å². The van der Waals surface area contributed by atoms with Crippen molar-refractivity contribution in [2.45, 2.75) is 33.2 Å². The maximum atomic E-state index is 12.3. The Morgan fingerprint density at radius 3 is 2.35 bits per heavy atom. The molecule has 3 heteroatoms. The summed E-state index contributed by atoms with van der Waals surface area (Å²) in [5, 5.41) is 0.757. The molecule has 1 amide bonds. The van der Waals surface area contributed by atoms with Crippen molar-refractivity contribution in [1.29, 1.82) is 0 Å². The lowest BCUT2D eigenvalue weighted by Crippen LogP contribution is -2.46. The molecule has 1 aromatic carbocycles. The van der Waals surface area contributed by atoms with E-state index in [0.717, 1.165) is 16.5 Å². The number of amides is 1. The zero-order valence-electron chi connectivity index (χ0n) is 11.2. The second kappa shape index (κ2) is 5.21. The Morgan fingerprint density at radius 1 is 1.29 bits per heavy atom. The molecule has 0 saturated heterocycles. The molecule has 0 saturated carbocycles. The van der Waals surface area contributed by atoms with Crippen LogP contribution >= 0.6 is 15.9 Å². The van der Waals surface area contributed by atoms with Gasteiger partial charge < -0.3 is 4.90 Å². The molecule has 0 aliphatic heterocycles. The quantitative estimate of drug-likeness (QED) is 0.782. The van der Waals surface area contributed by atoms with Crippen LogP contribution in [0, 0.1) is 13.8 Å². The summed E-state index contributed by atoms with van der Waals surface area (Å²) in [7, 11) is 1.85. The van der Waals surface area contributed by atoms with Crippen LogP contribution in [0.4, 0.5) is 0 Å². The molecule has 0 heterocycles. The topological polar surface area (TPSA) is 20.3 Å². The van der Waals surface area contributed by atoms with Gasteiger partial charge in [0, 0.05) is 23.5 Å². The van der Waals surface area contributed by atoms with Gasteiger partial charge in [-0.3, -0.25) is 4.79 Å². The van der Waals surface area contributed by atoms with Crippen LogP contribution in [0.1, 0.15) is 35.3 Å². The molecule has 17 heavy (non-hydrogen) atoms. The highest BCUT2D eigenvalue weighted by atomic mass is 79.9. The molecule has 0 fully saturated rings. The molecule has 0 unspecified atom stereocenters. The summed E-state index contributed by atoms with van der Waals surface area (Å²) >= 11 is 3.44. The Labute approximate surface area is 112 Å². The Balaban J connectivity index is 3.01. The van der Waals surface area contributed by atoms with Gasteiger partial charge in [0.1, 0.15) is 0 Å². The van der Waals surface area contributed by atoms with Crippen molar-refractivity contribution < 1.29 is 4.79 Å². The summed E-state index contributed by atoms with van der Waals surface area (Å²) in [4.78, 5) is 14.1. The third-order valence-corrected chi connectivity index (χ3v) is 4.67. The third kappa shape index (κ3) is 3.09. The lowest BCUT2D eigenvalue weighted by Gasteiger charge is -2.34. The van der Waals surface area contributed by atoms with E-state index in [1.54, 1.807) is 4.90 Å². The van der Waals surface area contributed by atoms with Crippen LogP contribution in [0.15, 0.2) is 18.2 Å². The van der Waals surface area contributed by atoms with Crippen molar-refractivity contribution in [3.8, 4) is 0 Å². The van der Waals surface area contributed by atoms with E-state index in [-0.39, 0.29) is 11.4 Å². The normalized spacial score (nSPS) is 11.4. The lowest BCUT2D eigenvalue weighted by atomic mass is 10.0. The minimum absolute atomic E-state index is 0.0672. The largest absolute Gasteiger partial charge is 0.336 e. The highest BCUT2D eigenvalue weighted by Crippen LogP contribution is 2.19. The molecule has 1 aromatic rings. The van der Waals surface area contributed by atoms with Crippen molar-refractivity contribution >= 4 is 21.8 Å².